The van der Waals surface area contributed by atoms with Crippen LogP contribution in [-0.2, 0) is 23.2 Å². The van der Waals surface area contributed by atoms with Gasteiger partial charge in [0.1, 0.15) is 0 Å². The molecule has 2 fully saturated rings. The van der Waals surface area contributed by atoms with Gasteiger partial charge in [-0.2, -0.15) is 0 Å². The van der Waals surface area contributed by atoms with Crippen molar-refractivity contribution in [3.63, 3.8) is 0 Å². The summed E-state index contributed by atoms with van der Waals surface area (Å²) in [5.41, 5.74) is 7.05. The Morgan fingerprint density at radius 3 is 1.44 bits per heavy atom. The molecule has 0 unspecified atom stereocenters. The molecule has 0 nitrogen and oxygen atoms in total. The van der Waals surface area contributed by atoms with Crippen LogP contribution in [0.2, 0.25) is 0 Å². The quantitative estimate of drug-likeness (QED) is 0.449. The van der Waals surface area contributed by atoms with Crippen molar-refractivity contribution in [3.8, 4) is 0 Å². The van der Waals surface area contributed by atoms with E-state index < -0.39 is 23.2 Å². The molecule has 0 aromatic heterocycles. The van der Waals surface area contributed by atoms with E-state index in [1.54, 1.807) is 11.1 Å². The Balaban J connectivity index is 1.58. The Morgan fingerprint density at radius 1 is 0.640 bits per heavy atom. The molecule has 0 atom stereocenters. The van der Waals surface area contributed by atoms with Crippen molar-refractivity contribution in [2.24, 2.45) is 11.8 Å². The number of hydrogen-bond acceptors (Lipinski definition) is 0. The minimum atomic E-state index is -0.567. The van der Waals surface area contributed by atoms with Crippen LogP contribution in [0, 0.1) is 11.8 Å². The van der Waals surface area contributed by atoms with Crippen LogP contribution in [0.15, 0.2) is 41.0 Å². The van der Waals surface area contributed by atoms with E-state index in [1.165, 1.54) is 77.0 Å². The van der Waals surface area contributed by atoms with Gasteiger partial charge in [-0.05, 0) is 0 Å². The van der Waals surface area contributed by atoms with Crippen LogP contribution >= 0.6 is 0 Å². The summed E-state index contributed by atoms with van der Waals surface area (Å²) < 4.78 is 3.92. The van der Waals surface area contributed by atoms with Crippen molar-refractivity contribution < 1.29 is 23.2 Å². The molecule has 2 saturated carbocycles. The molecule has 0 saturated heterocycles. The van der Waals surface area contributed by atoms with Gasteiger partial charge in [0.2, 0.25) is 0 Å². The monoisotopic (exact) mass is 412 g/mol. The molecule has 25 heavy (non-hydrogen) atoms. The predicted octanol–water partition coefficient (Wildman–Crippen LogP) is 7.44. The molecule has 4 rings (SSSR count). The van der Waals surface area contributed by atoms with Crippen molar-refractivity contribution in [2.75, 3.05) is 0 Å². The average Bonchev–Trinajstić information content (AvgIpc) is 3.19. The third-order valence-electron chi connectivity index (χ3n) is 7.05. The van der Waals surface area contributed by atoms with Gasteiger partial charge < -0.3 is 0 Å². The standard InChI is InChI=1S/2C12H17.Zr/c2*1-10-6-5-9-12(10)11-7-3-2-4-8-11;/h2*6,11H,2-5,7-8H2,1H3;. The molecule has 0 spiro atoms. The molecular weight excluding hydrogens is 379 g/mol. The van der Waals surface area contributed by atoms with Gasteiger partial charge in [-0.25, -0.2) is 0 Å². The SMILES string of the molecule is CC1=CC[C]([Zr][C]2=C(C3CCCCC3)C(C)=CC2)=C1C1CCCCC1. The summed E-state index contributed by atoms with van der Waals surface area (Å²) >= 11 is -0.567. The van der Waals surface area contributed by atoms with Crippen LogP contribution in [0.4, 0.5) is 0 Å². The van der Waals surface area contributed by atoms with Crippen LogP contribution in [0.5, 0.6) is 0 Å². The van der Waals surface area contributed by atoms with E-state index in [2.05, 4.69) is 26.0 Å². The molecule has 0 aromatic rings. The number of allylic oxidation sites excluding steroid dienone is 8. The van der Waals surface area contributed by atoms with E-state index in [0.717, 1.165) is 11.8 Å². The summed E-state index contributed by atoms with van der Waals surface area (Å²) in [4.78, 5) is 0. The van der Waals surface area contributed by atoms with Crippen LogP contribution < -0.4 is 0 Å². The van der Waals surface area contributed by atoms with Crippen molar-refractivity contribution in [1.29, 1.82) is 0 Å². The first-order valence-corrected chi connectivity index (χ1v) is 13.3. The van der Waals surface area contributed by atoms with Gasteiger partial charge in [0.15, 0.2) is 0 Å². The summed E-state index contributed by atoms with van der Waals surface area (Å²) in [5, 5.41) is 0. The topological polar surface area (TPSA) is 0 Å². The minimum absolute atomic E-state index is 0.567. The fourth-order valence-corrected chi connectivity index (χ4v) is 10.3. The van der Waals surface area contributed by atoms with Gasteiger partial charge in [-0.3, -0.25) is 0 Å². The van der Waals surface area contributed by atoms with Gasteiger partial charge in [0, 0.05) is 0 Å². The Labute approximate surface area is 166 Å². The zero-order valence-electron chi connectivity index (χ0n) is 16.3. The Hall–Kier alpha value is -0.157. The molecule has 0 amide bonds. The van der Waals surface area contributed by atoms with Crippen LogP contribution in [0.1, 0.15) is 90.9 Å². The molecule has 4 aliphatic rings. The van der Waals surface area contributed by atoms with Gasteiger partial charge in [0.25, 0.3) is 0 Å². The molecule has 0 heterocycles. The summed E-state index contributed by atoms with van der Waals surface area (Å²) in [6.07, 6.45) is 22.4. The van der Waals surface area contributed by atoms with Gasteiger partial charge in [-0.15, -0.1) is 0 Å². The first-order chi connectivity index (χ1) is 12.2. The molecule has 0 radical (unpaired) electrons. The van der Waals surface area contributed by atoms with Crippen molar-refractivity contribution >= 4 is 0 Å². The number of rotatable bonds is 4. The summed E-state index contributed by atoms with van der Waals surface area (Å²) in [7, 11) is 0. The summed E-state index contributed by atoms with van der Waals surface area (Å²) in [5.74, 6) is 1.83. The van der Waals surface area contributed by atoms with E-state index >= 15 is 0 Å². The molecule has 134 valence electrons. The molecule has 0 N–H and O–H groups in total. The van der Waals surface area contributed by atoms with Crippen molar-refractivity contribution in [1.82, 2.24) is 0 Å². The van der Waals surface area contributed by atoms with E-state index in [4.69, 9.17) is 0 Å². The normalized spacial score (nSPS) is 26.3. The first-order valence-electron chi connectivity index (χ1n) is 10.8. The van der Waals surface area contributed by atoms with Crippen LogP contribution in [0.25, 0.3) is 0 Å². The average molecular weight is 414 g/mol. The van der Waals surface area contributed by atoms with Gasteiger partial charge >= 0.3 is 167 Å². The third kappa shape index (κ3) is 3.92. The Bertz CT molecular complexity index is 575. The van der Waals surface area contributed by atoms with Gasteiger partial charge in [0.05, 0.1) is 0 Å². The van der Waals surface area contributed by atoms with Gasteiger partial charge in [-0.1, -0.05) is 0 Å². The molecule has 0 aliphatic heterocycles. The molecule has 0 bridgehead atoms. The van der Waals surface area contributed by atoms with E-state index in [0.29, 0.717) is 0 Å². The van der Waals surface area contributed by atoms with Crippen LogP contribution in [0.3, 0.4) is 0 Å². The summed E-state index contributed by atoms with van der Waals surface area (Å²) in [6.45, 7) is 4.82. The third-order valence-corrected chi connectivity index (χ3v) is 10.9. The molecule has 0 aromatic carbocycles. The second kappa shape index (κ2) is 8.25. The zero-order valence-corrected chi connectivity index (χ0v) is 18.8. The predicted molar refractivity (Wildman–Crippen MR) is 104 cm³/mol. The second-order valence-corrected chi connectivity index (χ2v) is 12.3. The summed E-state index contributed by atoms with van der Waals surface area (Å²) in [6, 6.07) is 0. The molecule has 4 aliphatic carbocycles. The Morgan fingerprint density at radius 2 is 1.04 bits per heavy atom. The van der Waals surface area contributed by atoms with E-state index in [9.17, 15) is 0 Å². The molecule has 1 heteroatoms. The van der Waals surface area contributed by atoms with Crippen LogP contribution in [-0.4, -0.2) is 0 Å². The Kier molecular flexibility index (Phi) is 6.01. The fraction of sp³-hybridized carbons (Fsp3) is 0.667. The maximum atomic E-state index is 2.57. The first kappa shape index (κ1) is 18.2. The molecular formula is C24H34Zr. The second-order valence-electron chi connectivity index (χ2n) is 8.76. The zero-order chi connectivity index (χ0) is 17.2. The van der Waals surface area contributed by atoms with E-state index in [-0.39, 0.29) is 0 Å². The van der Waals surface area contributed by atoms with E-state index in [1.807, 2.05) is 17.7 Å². The number of hydrogen-bond donors (Lipinski definition) is 0. The van der Waals surface area contributed by atoms with Crippen molar-refractivity contribution in [3.05, 3.63) is 41.0 Å². The fourth-order valence-electron chi connectivity index (χ4n) is 5.76. The maximum absolute atomic E-state index is 2.57. The van der Waals surface area contributed by atoms with Crippen molar-refractivity contribution in [2.45, 2.75) is 90.9 Å².